The van der Waals surface area contributed by atoms with E-state index in [9.17, 15) is 4.79 Å². The number of carbonyl (C=O) groups is 1. The molecule has 0 atom stereocenters. The van der Waals surface area contributed by atoms with Gasteiger partial charge in [0.15, 0.2) is 0 Å². The fraction of sp³-hybridized carbons (Fsp3) is 0.733. The lowest BCUT2D eigenvalue weighted by Gasteiger charge is -2.40. The monoisotopic (exact) mass is 279 g/mol. The fourth-order valence-electron chi connectivity index (χ4n) is 2.36. The first-order valence-electron chi connectivity index (χ1n) is 7.24. The van der Waals surface area contributed by atoms with Crippen LogP contribution >= 0.6 is 0 Å². The average Bonchev–Trinajstić information content (AvgIpc) is 2.60. The fourth-order valence-corrected chi connectivity index (χ4v) is 2.36. The number of hydrogen-bond donors (Lipinski definition) is 0. The number of carbonyl (C=O) groups excluding carboxylic acids is 1. The third kappa shape index (κ3) is 3.52. The van der Waals surface area contributed by atoms with Crippen LogP contribution < -0.4 is 0 Å². The van der Waals surface area contributed by atoms with E-state index in [-0.39, 0.29) is 6.09 Å². The van der Waals surface area contributed by atoms with Gasteiger partial charge in [0.1, 0.15) is 5.60 Å². The van der Waals surface area contributed by atoms with E-state index >= 15 is 0 Å². The minimum atomic E-state index is -0.429. The molecule has 1 fully saturated rings. The van der Waals surface area contributed by atoms with Gasteiger partial charge in [-0.25, -0.2) is 9.78 Å². The minimum Gasteiger partial charge on any atom is -0.444 e. The first-order chi connectivity index (χ1) is 9.26. The quantitative estimate of drug-likeness (QED) is 0.854. The van der Waals surface area contributed by atoms with Crippen LogP contribution in [-0.2, 0) is 11.3 Å². The summed E-state index contributed by atoms with van der Waals surface area (Å²) in [5.74, 6) is 0.966. The van der Waals surface area contributed by atoms with Gasteiger partial charge in [-0.3, -0.25) is 0 Å². The second-order valence-electron chi connectivity index (χ2n) is 6.95. The maximum absolute atomic E-state index is 11.9. The Kier molecular flexibility index (Phi) is 4.06. The molecule has 1 amide bonds. The van der Waals surface area contributed by atoms with Crippen molar-refractivity contribution >= 4 is 6.09 Å². The van der Waals surface area contributed by atoms with Gasteiger partial charge >= 0.3 is 6.09 Å². The zero-order chi connectivity index (χ0) is 14.9. The molecule has 0 saturated carbocycles. The third-order valence-electron chi connectivity index (χ3n) is 3.26. The van der Waals surface area contributed by atoms with Crippen molar-refractivity contribution < 1.29 is 9.53 Å². The Labute approximate surface area is 120 Å². The van der Waals surface area contributed by atoms with E-state index < -0.39 is 5.60 Å². The van der Waals surface area contributed by atoms with Crippen LogP contribution in [0.3, 0.4) is 0 Å². The molecular weight excluding hydrogens is 254 g/mol. The van der Waals surface area contributed by atoms with E-state index in [0.29, 0.717) is 11.8 Å². The molecule has 20 heavy (non-hydrogen) atoms. The van der Waals surface area contributed by atoms with Crippen LogP contribution in [0.2, 0.25) is 0 Å². The lowest BCUT2D eigenvalue weighted by Crippen LogP contribution is -2.50. The van der Waals surface area contributed by atoms with Crippen LogP contribution in [0.4, 0.5) is 4.79 Å². The predicted octanol–water partition coefficient (Wildman–Crippen LogP) is 2.87. The Hall–Kier alpha value is -1.52. The molecule has 1 aliphatic heterocycles. The number of nitrogens with zero attached hydrogens (tertiary/aromatic N) is 3. The zero-order valence-corrected chi connectivity index (χ0v) is 13.1. The van der Waals surface area contributed by atoms with Crippen molar-refractivity contribution in [3.63, 3.8) is 0 Å². The summed E-state index contributed by atoms with van der Waals surface area (Å²) in [7, 11) is 0. The second kappa shape index (κ2) is 5.46. The van der Waals surface area contributed by atoms with Gasteiger partial charge in [0.25, 0.3) is 0 Å². The predicted molar refractivity (Wildman–Crippen MR) is 77.6 cm³/mol. The summed E-state index contributed by atoms with van der Waals surface area (Å²) in [4.78, 5) is 17.9. The van der Waals surface area contributed by atoms with E-state index in [1.54, 1.807) is 4.90 Å². The van der Waals surface area contributed by atoms with Gasteiger partial charge in [0.05, 0.1) is 6.33 Å². The van der Waals surface area contributed by atoms with E-state index in [1.165, 1.54) is 5.69 Å². The minimum absolute atomic E-state index is 0.219. The Morgan fingerprint density at radius 1 is 1.45 bits per heavy atom. The van der Waals surface area contributed by atoms with Crippen molar-refractivity contribution in [2.75, 3.05) is 13.1 Å². The highest BCUT2D eigenvalue weighted by Crippen LogP contribution is 2.28. The first kappa shape index (κ1) is 14.9. The Bertz CT molecular complexity index is 468. The van der Waals surface area contributed by atoms with Gasteiger partial charge in [0.2, 0.25) is 0 Å². The van der Waals surface area contributed by atoms with Crippen LogP contribution in [0.1, 0.15) is 46.2 Å². The van der Waals surface area contributed by atoms with Crippen LogP contribution in [0.25, 0.3) is 0 Å². The highest BCUT2D eigenvalue weighted by atomic mass is 16.6. The molecule has 1 saturated heterocycles. The van der Waals surface area contributed by atoms with Crippen LogP contribution in [0, 0.1) is 5.92 Å². The number of hydrogen-bond acceptors (Lipinski definition) is 3. The Morgan fingerprint density at radius 3 is 2.65 bits per heavy atom. The van der Waals surface area contributed by atoms with Gasteiger partial charge < -0.3 is 14.2 Å². The molecule has 5 nitrogen and oxygen atoms in total. The Morgan fingerprint density at radius 2 is 2.10 bits per heavy atom. The van der Waals surface area contributed by atoms with Crippen molar-refractivity contribution in [3.8, 4) is 0 Å². The highest BCUT2D eigenvalue weighted by molar-refractivity contribution is 5.69. The molecule has 0 unspecified atom stereocenters. The number of imidazole rings is 1. The maximum atomic E-state index is 11.9. The summed E-state index contributed by atoms with van der Waals surface area (Å²) in [6, 6.07) is 0. The smallest absolute Gasteiger partial charge is 0.410 e. The lowest BCUT2D eigenvalue weighted by molar-refractivity contribution is 0.00754. The topological polar surface area (TPSA) is 47.4 Å². The molecule has 0 N–H and O–H groups in total. The van der Waals surface area contributed by atoms with E-state index in [2.05, 4.69) is 23.4 Å². The van der Waals surface area contributed by atoms with Gasteiger partial charge in [0, 0.05) is 37.4 Å². The normalized spacial score (nSPS) is 16.4. The van der Waals surface area contributed by atoms with Crippen molar-refractivity contribution in [1.82, 2.24) is 14.5 Å². The molecule has 1 aromatic heterocycles. The summed E-state index contributed by atoms with van der Waals surface area (Å²) in [5, 5.41) is 0. The molecule has 0 spiro atoms. The molecule has 0 bridgehead atoms. The average molecular weight is 279 g/mol. The summed E-state index contributed by atoms with van der Waals surface area (Å²) in [6.45, 7) is 12.5. The standard InChI is InChI=1S/C15H25N3O2/c1-11(2)7-18-10-16-6-13(18)12-8-17(9-12)14(19)20-15(3,4)5/h6,10-12H,7-9H2,1-5H3. The van der Waals surface area contributed by atoms with Crippen LogP contribution in [0.15, 0.2) is 12.5 Å². The SMILES string of the molecule is CC(C)Cn1cncc1C1CN(C(=O)OC(C)(C)C)C1. The van der Waals surface area contributed by atoms with Crippen molar-refractivity contribution in [3.05, 3.63) is 18.2 Å². The van der Waals surface area contributed by atoms with E-state index in [1.807, 2.05) is 33.3 Å². The lowest BCUT2D eigenvalue weighted by atomic mass is 9.97. The number of likely N-dealkylation sites (tertiary alicyclic amines) is 1. The second-order valence-corrected chi connectivity index (χ2v) is 6.95. The molecule has 0 aliphatic carbocycles. The Balaban J connectivity index is 1.90. The molecule has 0 aromatic carbocycles. The summed E-state index contributed by atoms with van der Waals surface area (Å²) in [5.41, 5.74) is 0.792. The molecule has 1 aromatic rings. The molecule has 1 aliphatic rings. The van der Waals surface area contributed by atoms with Gasteiger partial charge in [-0.05, 0) is 26.7 Å². The number of amides is 1. The first-order valence-corrected chi connectivity index (χ1v) is 7.24. The van der Waals surface area contributed by atoms with E-state index in [0.717, 1.165) is 19.6 Å². The molecule has 0 radical (unpaired) electrons. The van der Waals surface area contributed by atoms with Gasteiger partial charge in [-0.2, -0.15) is 0 Å². The number of rotatable bonds is 3. The van der Waals surface area contributed by atoms with Crippen molar-refractivity contribution in [1.29, 1.82) is 0 Å². The molecule has 112 valence electrons. The summed E-state index contributed by atoms with van der Waals surface area (Å²) < 4.78 is 7.56. The van der Waals surface area contributed by atoms with E-state index in [4.69, 9.17) is 4.74 Å². The third-order valence-corrected chi connectivity index (χ3v) is 3.26. The number of aromatic nitrogens is 2. The molecule has 5 heteroatoms. The highest BCUT2D eigenvalue weighted by Gasteiger charge is 2.36. The molecule has 2 rings (SSSR count). The number of ether oxygens (including phenoxy) is 1. The van der Waals surface area contributed by atoms with Crippen LogP contribution in [0.5, 0.6) is 0 Å². The van der Waals surface area contributed by atoms with Gasteiger partial charge in [-0.1, -0.05) is 13.8 Å². The van der Waals surface area contributed by atoms with Crippen LogP contribution in [-0.4, -0.2) is 39.2 Å². The van der Waals surface area contributed by atoms with Gasteiger partial charge in [-0.15, -0.1) is 0 Å². The molecular formula is C15H25N3O2. The van der Waals surface area contributed by atoms with Crippen molar-refractivity contribution in [2.24, 2.45) is 5.92 Å². The van der Waals surface area contributed by atoms with Crippen molar-refractivity contribution in [2.45, 2.75) is 52.7 Å². The molecule has 2 heterocycles. The maximum Gasteiger partial charge on any atom is 0.410 e. The summed E-state index contributed by atoms with van der Waals surface area (Å²) >= 11 is 0. The zero-order valence-electron chi connectivity index (χ0n) is 13.1. The largest absolute Gasteiger partial charge is 0.444 e. The summed E-state index contributed by atoms with van der Waals surface area (Å²) in [6.07, 6.45) is 3.58.